The Morgan fingerprint density at radius 1 is 1.29 bits per heavy atom. The molecule has 0 bridgehead atoms. The second kappa shape index (κ2) is 6.00. The van der Waals surface area contributed by atoms with Crippen LogP contribution < -0.4 is 5.32 Å². The van der Waals surface area contributed by atoms with Gasteiger partial charge in [-0.1, -0.05) is 18.2 Å². The fourth-order valence-electron chi connectivity index (χ4n) is 2.76. The second-order valence-corrected chi connectivity index (χ2v) is 5.92. The summed E-state index contributed by atoms with van der Waals surface area (Å²) in [6.07, 6.45) is 1.74. The Hall–Kier alpha value is -1.65. The van der Waals surface area contributed by atoms with Crippen molar-refractivity contribution in [3.05, 3.63) is 42.1 Å². The van der Waals surface area contributed by atoms with Gasteiger partial charge in [-0.25, -0.2) is 0 Å². The Morgan fingerprint density at radius 2 is 2.05 bits per heavy atom. The van der Waals surface area contributed by atoms with E-state index in [2.05, 4.69) is 24.1 Å². The van der Waals surface area contributed by atoms with Gasteiger partial charge >= 0.3 is 0 Å². The fourth-order valence-corrected chi connectivity index (χ4v) is 2.76. The van der Waals surface area contributed by atoms with Gasteiger partial charge in [0, 0.05) is 36.8 Å². The SMILES string of the molecule is CC1(C)CN(C(=O)c2cccc3cccnc23)CCN1.Cl. The first kappa shape index (κ1) is 15.7. The highest BCUT2D eigenvalue weighted by molar-refractivity contribution is 6.05. The van der Waals surface area contributed by atoms with Crippen molar-refractivity contribution >= 4 is 29.2 Å². The number of piperazine rings is 1. The van der Waals surface area contributed by atoms with Crippen LogP contribution in [0.25, 0.3) is 10.9 Å². The first-order valence-electron chi connectivity index (χ1n) is 6.95. The molecule has 0 radical (unpaired) electrons. The average Bonchev–Trinajstić information content (AvgIpc) is 2.45. The Morgan fingerprint density at radius 3 is 2.81 bits per heavy atom. The maximum atomic E-state index is 12.8. The van der Waals surface area contributed by atoms with Crippen LogP contribution in [0, 0.1) is 0 Å². The summed E-state index contributed by atoms with van der Waals surface area (Å²) in [5, 5.41) is 4.43. The molecule has 1 aromatic carbocycles. The summed E-state index contributed by atoms with van der Waals surface area (Å²) in [4.78, 5) is 19.0. The number of benzene rings is 1. The number of nitrogens with one attached hydrogen (secondary N) is 1. The third-order valence-electron chi connectivity index (χ3n) is 3.72. The van der Waals surface area contributed by atoms with Gasteiger partial charge in [-0.15, -0.1) is 12.4 Å². The Balaban J connectivity index is 0.00000161. The lowest BCUT2D eigenvalue weighted by molar-refractivity contribution is 0.0654. The standard InChI is InChI=1S/C16H19N3O.ClH/c1-16(2)11-19(10-9-18-16)15(20)13-7-3-5-12-6-4-8-17-14(12)13;/h3-8,18H,9-11H2,1-2H3;1H. The van der Waals surface area contributed by atoms with Crippen LogP contribution >= 0.6 is 12.4 Å². The first-order chi connectivity index (χ1) is 9.57. The smallest absolute Gasteiger partial charge is 0.256 e. The minimum Gasteiger partial charge on any atom is -0.335 e. The monoisotopic (exact) mass is 305 g/mol. The van der Waals surface area contributed by atoms with Crippen LogP contribution in [0.1, 0.15) is 24.2 Å². The van der Waals surface area contributed by atoms with Crippen molar-refractivity contribution in [2.24, 2.45) is 0 Å². The van der Waals surface area contributed by atoms with Crippen molar-refractivity contribution in [1.29, 1.82) is 0 Å². The van der Waals surface area contributed by atoms with E-state index in [1.54, 1.807) is 6.20 Å². The molecule has 3 rings (SSSR count). The maximum Gasteiger partial charge on any atom is 0.256 e. The van der Waals surface area contributed by atoms with E-state index >= 15 is 0 Å². The van der Waals surface area contributed by atoms with Crippen LogP contribution in [0.4, 0.5) is 0 Å². The molecule has 0 unspecified atom stereocenters. The lowest BCUT2D eigenvalue weighted by Gasteiger charge is -2.39. The van der Waals surface area contributed by atoms with Crippen LogP contribution in [0.2, 0.25) is 0 Å². The molecule has 2 aromatic rings. The zero-order valence-electron chi connectivity index (χ0n) is 12.3. The highest BCUT2D eigenvalue weighted by atomic mass is 35.5. The van der Waals surface area contributed by atoms with Gasteiger partial charge in [0.15, 0.2) is 0 Å². The minimum atomic E-state index is -0.0358. The van der Waals surface area contributed by atoms with Gasteiger partial charge in [0.2, 0.25) is 0 Å². The molecule has 0 spiro atoms. The first-order valence-corrected chi connectivity index (χ1v) is 6.95. The lowest BCUT2D eigenvalue weighted by atomic mass is 10.0. The van der Waals surface area contributed by atoms with Crippen molar-refractivity contribution in [3.8, 4) is 0 Å². The molecule has 5 heteroatoms. The van der Waals surface area contributed by atoms with Crippen LogP contribution in [0.15, 0.2) is 36.5 Å². The minimum absolute atomic E-state index is 0. The van der Waals surface area contributed by atoms with Crippen LogP contribution in [-0.2, 0) is 0 Å². The number of hydrogen-bond donors (Lipinski definition) is 1. The average molecular weight is 306 g/mol. The Labute approximate surface area is 131 Å². The van der Waals surface area contributed by atoms with Crippen LogP contribution in [-0.4, -0.2) is 41.0 Å². The van der Waals surface area contributed by atoms with Crippen molar-refractivity contribution < 1.29 is 4.79 Å². The molecule has 1 aliphatic heterocycles. The molecule has 1 amide bonds. The van der Waals surface area contributed by atoms with Crippen molar-refractivity contribution in [3.63, 3.8) is 0 Å². The van der Waals surface area contributed by atoms with Crippen molar-refractivity contribution in [2.45, 2.75) is 19.4 Å². The van der Waals surface area contributed by atoms with E-state index in [-0.39, 0.29) is 23.9 Å². The Bertz CT molecular complexity index is 652. The lowest BCUT2D eigenvalue weighted by Crippen LogP contribution is -2.58. The molecular formula is C16H20ClN3O. The van der Waals surface area contributed by atoms with Crippen LogP contribution in [0.3, 0.4) is 0 Å². The number of rotatable bonds is 1. The number of carbonyl (C=O) groups excluding carboxylic acids is 1. The molecular weight excluding hydrogens is 286 g/mol. The Kier molecular flexibility index (Phi) is 4.49. The third kappa shape index (κ3) is 3.17. The van der Waals surface area contributed by atoms with Gasteiger partial charge < -0.3 is 10.2 Å². The molecule has 0 atom stereocenters. The predicted molar refractivity (Wildman–Crippen MR) is 87.0 cm³/mol. The van der Waals surface area contributed by atoms with Gasteiger partial charge in [0.1, 0.15) is 0 Å². The normalized spacial score (nSPS) is 17.3. The fraction of sp³-hybridized carbons (Fsp3) is 0.375. The molecule has 1 fully saturated rings. The number of nitrogens with zero attached hydrogens (tertiary/aromatic N) is 2. The van der Waals surface area contributed by atoms with Crippen molar-refractivity contribution in [2.75, 3.05) is 19.6 Å². The topological polar surface area (TPSA) is 45.2 Å². The molecule has 2 heterocycles. The summed E-state index contributed by atoms with van der Waals surface area (Å²) in [6.45, 7) is 6.53. The van der Waals surface area contributed by atoms with E-state index in [0.717, 1.165) is 30.5 Å². The number of aromatic nitrogens is 1. The summed E-state index contributed by atoms with van der Waals surface area (Å²) in [7, 11) is 0. The molecule has 112 valence electrons. The molecule has 1 N–H and O–H groups in total. The number of carbonyl (C=O) groups is 1. The van der Waals surface area contributed by atoms with E-state index < -0.39 is 0 Å². The van der Waals surface area contributed by atoms with Crippen molar-refractivity contribution in [1.82, 2.24) is 15.2 Å². The highest BCUT2D eigenvalue weighted by Crippen LogP contribution is 2.20. The van der Waals surface area contributed by atoms with E-state index in [1.165, 1.54) is 0 Å². The summed E-state index contributed by atoms with van der Waals surface area (Å²) >= 11 is 0. The molecule has 1 saturated heterocycles. The van der Waals surface area contributed by atoms with Crippen LogP contribution in [0.5, 0.6) is 0 Å². The summed E-state index contributed by atoms with van der Waals surface area (Å²) in [5.41, 5.74) is 1.45. The zero-order chi connectivity index (χ0) is 14.2. The molecule has 1 aliphatic rings. The summed E-state index contributed by atoms with van der Waals surface area (Å²) in [6, 6.07) is 9.66. The van der Waals surface area contributed by atoms with E-state index in [9.17, 15) is 4.79 Å². The van der Waals surface area contributed by atoms with Gasteiger partial charge in [0.05, 0.1) is 11.1 Å². The molecule has 4 nitrogen and oxygen atoms in total. The van der Waals surface area contributed by atoms with E-state index in [1.807, 2.05) is 35.2 Å². The van der Waals surface area contributed by atoms with Gasteiger partial charge in [-0.05, 0) is 26.0 Å². The number of amides is 1. The quantitative estimate of drug-likeness (QED) is 0.880. The largest absolute Gasteiger partial charge is 0.335 e. The number of pyridine rings is 1. The van der Waals surface area contributed by atoms with E-state index in [0.29, 0.717) is 5.56 Å². The summed E-state index contributed by atoms with van der Waals surface area (Å²) in [5.74, 6) is 0.0730. The molecule has 0 saturated carbocycles. The number of halogens is 1. The molecule has 1 aromatic heterocycles. The summed E-state index contributed by atoms with van der Waals surface area (Å²) < 4.78 is 0. The third-order valence-corrected chi connectivity index (χ3v) is 3.72. The van der Waals surface area contributed by atoms with Gasteiger partial charge in [-0.2, -0.15) is 0 Å². The predicted octanol–water partition coefficient (Wildman–Crippen LogP) is 2.48. The second-order valence-electron chi connectivity index (χ2n) is 5.92. The number of fused-ring (bicyclic) bond motifs is 1. The van der Waals surface area contributed by atoms with E-state index in [4.69, 9.17) is 0 Å². The zero-order valence-corrected chi connectivity index (χ0v) is 13.1. The number of hydrogen-bond acceptors (Lipinski definition) is 3. The van der Waals surface area contributed by atoms with Gasteiger partial charge in [-0.3, -0.25) is 9.78 Å². The highest BCUT2D eigenvalue weighted by Gasteiger charge is 2.29. The maximum absolute atomic E-state index is 12.8. The number of para-hydroxylation sites is 1. The molecule has 21 heavy (non-hydrogen) atoms. The van der Waals surface area contributed by atoms with Gasteiger partial charge in [0.25, 0.3) is 5.91 Å². The molecule has 0 aliphatic carbocycles.